The molecule has 0 rings (SSSR count). The van der Waals surface area contributed by atoms with Crippen molar-refractivity contribution in [3.05, 3.63) is 0 Å². The van der Waals surface area contributed by atoms with Gasteiger partial charge in [-0.05, 0) is 0 Å². The van der Waals surface area contributed by atoms with Crippen LogP contribution in [0.1, 0.15) is 33.1 Å². The van der Waals surface area contributed by atoms with Crippen molar-refractivity contribution in [1.29, 1.82) is 0 Å². The summed E-state index contributed by atoms with van der Waals surface area (Å²) in [5.74, 6) is 0. The van der Waals surface area contributed by atoms with Crippen LogP contribution in [-0.2, 0) is 0 Å². The van der Waals surface area contributed by atoms with E-state index < -0.39 is 7.26 Å². The van der Waals surface area contributed by atoms with Gasteiger partial charge in [0.25, 0.3) is 0 Å². The molecule has 0 N–H and O–H groups in total. The van der Waals surface area contributed by atoms with Crippen molar-refractivity contribution in [1.82, 2.24) is 0 Å². The molecule has 0 radical (unpaired) electrons. The maximum atomic E-state index is 2.47. The van der Waals surface area contributed by atoms with Crippen molar-refractivity contribution in [2.45, 2.75) is 38.8 Å². The quantitative estimate of drug-likeness (QED) is 0.557. The summed E-state index contributed by atoms with van der Waals surface area (Å²) >= 11 is 0. The molecule has 0 aliphatic heterocycles. The Morgan fingerprint density at radius 1 is 1.20 bits per heavy atom. The van der Waals surface area contributed by atoms with Crippen LogP contribution < -0.4 is 0 Å². The van der Waals surface area contributed by atoms with Gasteiger partial charge in [-0.15, -0.1) is 0 Å². The van der Waals surface area contributed by atoms with E-state index in [1.54, 1.807) is 0 Å². The van der Waals surface area contributed by atoms with E-state index in [0.29, 0.717) is 0 Å². The molecule has 1 atom stereocenters. The molecule has 0 fully saturated rings. The number of hydrogen-bond acceptors (Lipinski definition) is 0. The molecule has 1 heteroatoms. The van der Waals surface area contributed by atoms with Gasteiger partial charge < -0.3 is 0 Å². The van der Waals surface area contributed by atoms with E-state index in [9.17, 15) is 0 Å². The minimum absolute atomic E-state index is 0.798. The van der Waals surface area contributed by atoms with Crippen molar-refractivity contribution in [3.8, 4) is 0 Å². The average Bonchev–Trinajstić information content (AvgIpc) is 1.80. The van der Waals surface area contributed by atoms with Crippen LogP contribution in [0.15, 0.2) is 0 Å². The van der Waals surface area contributed by atoms with Crippen LogP contribution in [0.2, 0.25) is 0 Å². The summed E-state index contributed by atoms with van der Waals surface area (Å²) in [5.41, 5.74) is 1.01. The summed E-state index contributed by atoms with van der Waals surface area (Å²) < 4.78 is 0. The van der Waals surface area contributed by atoms with Crippen molar-refractivity contribution < 1.29 is 0 Å². The summed E-state index contributed by atoms with van der Waals surface area (Å²) in [6, 6.07) is 0. The Balaban J connectivity index is 3.52. The third-order valence-electron chi connectivity index (χ3n) is 2.47. The van der Waals surface area contributed by atoms with Crippen LogP contribution in [0.4, 0.5) is 0 Å². The summed E-state index contributed by atoms with van der Waals surface area (Å²) in [7, 11) is -0.798. The van der Waals surface area contributed by atoms with Gasteiger partial charge in [-0.1, -0.05) is 0 Å². The van der Waals surface area contributed by atoms with Gasteiger partial charge in [0, 0.05) is 0 Å². The van der Waals surface area contributed by atoms with E-state index in [-0.39, 0.29) is 0 Å². The Hall–Kier alpha value is 0.430. The predicted molar refractivity (Wildman–Crippen MR) is 55.1 cm³/mol. The van der Waals surface area contributed by atoms with E-state index in [1.807, 2.05) is 0 Å². The maximum absolute atomic E-state index is 2.47. The molecule has 0 amide bonds. The second-order valence-corrected chi connectivity index (χ2v) is 10.1. The minimum atomic E-state index is -0.798. The fourth-order valence-electron chi connectivity index (χ4n) is 0.943. The fraction of sp³-hybridized carbons (Fsp3) is 1.00. The SMILES string of the molecule is CCCCC(C)[PH](C)(C)C. The summed E-state index contributed by atoms with van der Waals surface area (Å²) in [5, 5.41) is 0. The molecular formula is C9H23P. The molecule has 10 heavy (non-hydrogen) atoms. The second-order valence-electron chi connectivity index (χ2n) is 4.41. The first kappa shape index (κ1) is 10.4. The number of rotatable bonds is 4. The molecule has 0 aliphatic carbocycles. The molecule has 0 saturated carbocycles. The van der Waals surface area contributed by atoms with Crippen LogP contribution in [0, 0.1) is 0 Å². The van der Waals surface area contributed by atoms with Gasteiger partial charge in [0.15, 0.2) is 0 Å². The van der Waals surface area contributed by atoms with Crippen LogP contribution in [0.25, 0.3) is 0 Å². The van der Waals surface area contributed by atoms with Crippen molar-refractivity contribution in [2.24, 2.45) is 0 Å². The predicted octanol–water partition coefficient (Wildman–Crippen LogP) is 3.20. The second kappa shape index (κ2) is 4.34. The van der Waals surface area contributed by atoms with Gasteiger partial charge >= 0.3 is 66.0 Å². The van der Waals surface area contributed by atoms with Crippen LogP contribution in [-0.4, -0.2) is 25.7 Å². The van der Waals surface area contributed by atoms with Crippen LogP contribution >= 0.6 is 7.26 Å². The van der Waals surface area contributed by atoms with Gasteiger partial charge in [-0.3, -0.25) is 0 Å². The normalized spacial score (nSPS) is 16.9. The Morgan fingerprint density at radius 2 is 1.70 bits per heavy atom. The van der Waals surface area contributed by atoms with Gasteiger partial charge in [0.1, 0.15) is 0 Å². The van der Waals surface area contributed by atoms with E-state index in [2.05, 4.69) is 33.8 Å². The Kier molecular flexibility index (Phi) is 4.52. The third kappa shape index (κ3) is 4.28. The molecule has 0 nitrogen and oxygen atoms in total. The monoisotopic (exact) mass is 162 g/mol. The van der Waals surface area contributed by atoms with Crippen LogP contribution in [0.5, 0.6) is 0 Å². The molecule has 0 aromatic rings. The third-order valence-corrected chi connectivity index (χ3v) is 5.71. The Bertz CT molecular complexity index is 81.2. The van der Waals surface area contributed by atoms with Crippen molar-refractivity contribution in [3.63, 3.8) is 0 Å². The molecule has 0 heterocycles. The van der Waals surface area contributed by atoms with E-state index in [1.165, 1.54) is 19.3 Å². The molecule has 0 aromatic heterocycles. The molecule has 0 spiro atoms. The average molecular weight is 162 g/mol. The van der Waals surface area contributed by atoms with Gasteiger partial charge in [0.05, 0.1) is 0 Å². The molecule has 0 bridgehead atoms. The molecule has 0 aliphatic rings. The fourth-order valence-corrected chi connectivity index (χ4v) is 2.01. The zero-order chi connectivity index (χ0) is 8.20. The zero-order valence-corrected chi connectivity index (χ0v) is 9.20. The first-order valence-electron chi connectivity index (χ1n) is 4.48. The molecule has 64 valence electrons. The molecule has 1 unspecified atom stereocenters. The standard InChI is InChI=1S/C9H23P/c1-6-7-8-9(2)10(3,4)5/h9-10H,6-8H2,1-5H3. The van der Waals surface area contributed by atoms with Crippen molar-refractivity contribution >= 4 is 7.26 Å². The van der Waals surface area contributed by atoms with Gasteiger partial charge in [-0.25, -0.2) is 0 Å². The Morgan fingerprint density at radius 3 is 2.00 bits per heavy atom. The number of unbranched alkanes of at least 4 members (excludes halogenated alkanes) is 1. The summed E-state index contributed by atoms with van der Waals surface area (Å²) in [4.78, 5) is 0. The van der Waals surface area contributed by atoms with E-state index >= 15 is 0 Å². The molecule has 0 saturated heterocycles. The van der Waals surface area contributed by atoms with Crippen LogP contribution in [0.3, 0.4) is 0 Å². The van der Waals surface area contributed by atoms with Crippen molar-refractivity contribution in [2.75, 3.05) is 20.0 Å². The van der Waals surface area contributed by atoms with Gasteiger partial charge in [-0.2, -0.15) is 0 Å². The summed E-state index contributed by atoms with van der Waals surface area (Å²) in [6.45, 7) is 12.1. The first-order chi connectivity index (χ1) is 4.48. The molecule has 0 aromatic carbocycles. The summed E-state index contributed by atoms with van der Waals surface area (Å²) in [6.07, 6.45) is 4.23. The van der Waals surface area contributed by atoms with E-state index in [0.717, 1.165) is 5.66 Å². The topological polar surface area (TPSA) is 0 Å². The van der Waals surface area contributed by atoms with Gasteiger partial charge in [0.2, 0.25) is 0 Å². The van der Waals surface area contributed by atoms with E-state index in [4.69, 9.17) is 0 Å². The first-order valence-corrected chi connectivity index (χ1v) is 8.06. The molecular weight excluding hydrogens is 139 g/mol. The number of hydrogen-bond donors (Lipinski definition) is 0. The Labute approximate surface area is 66.7 Å². The zero-order valence-electron chi connectivity index (χ0n) is 8.20.